The fourth-order valence-corrected chi connectivity index (χ4v) is 1.72. The third-order valence-electron chi connectivity index (χ3n) is 3.70. The van der Waals surface area contributed by atoms with Crippen LogP contribution < -0.4 is 10.6 Å². The van der Waals surface area contributed by atoms with Gasteiger partial charge in [-0.1, -0.05) is 20.3 Å². The first-order chi connectivity index (χ1) is 7.92. The van der Waals surface area contributed by atoms with Crippen molar-refractivity contribution in [2.75, 3.05) is 6.54 Å². The normalized spacial score (nSPS) is 25.8. The van der Waals surface area contributed by atoms with Gasteiger partial charge >= 0.3 is 12.0 Å². The second-order valence-electron chi connectivity index (χ2n) is 5.06. The predicted octanol–water partition coefficient (Wildman–Crippen LogP) is 1.59. The zero-order chi connectivity index (χ0) is 13.1. The number of aliphatic carboxylic acids is 1. The van der Waals surface area contributed by atoms with E-state index in [0.717, 1.165) is 12.8 Å². The molecule has 17 heavy (non-hydrogen) atoms. The van der Waals surface area contributed by atoms with E-state index in [2.05, 4.69) is 17.6 Å². The van der Waals surface area contributed by atoms with Gasteiger partial charge in [0.25, 0.3) is 0 Å². The summed E-state index contributed by atoms with van der Waals surface area (Å²) in [7, 11) is 0. The Hall–Kier alpha value is -1.26. The number of carboxylic acid groups (broad SMARTS) is 1. The van der Waals surface area contributed by atoms with E-state index in [9.17, 15) is 9.59 Å². The summed E-state index contributed by atoms with van der Waals surface area (Å²) in [6.45, 7) is 5.71. The van der Waals surface area contributed by atoms with Crippen LogP contribution in [0.4, 0.5) is 4.79 Å². The average Bonchev–Trinajstić information content (AvgIpc) is 3.04. The van der Waals surface area contributed by atoms with Gasteiger partial charge in [-0.25, -0.2) is 4.79 Å². The molecule has 2 amide bonds. The summed E-state index contributed by atoms with van der Waals surface area (Å²) < 4.78 is 0. The maximum Gasteiger partial charge on any atom is 0.315 e. The van der Waals surface area contributed by atoms with Crippen LogP contribution in [0.2, 0.25) is 0 Å². The van der Waals surface area contributed by atoms with E-state index in [1.54, 1.807) is 6.92 Å². The van der Waals surface area contributed by atoms with Gasteiger partial charge in [0.1, 0.15) is 0 Å². The lowest BCUT2D eigenvalue weighted by Crippen LogP contribution is -2.45. The molecule has 0 aromatic carbocycles. The van der Waals surface area contributed by atoms with Crippen LogP contribution in [-0.4, -0.2) is 29.7 Å². The lowest BCUT2D eigenvalue weighted by atomic mass is 9.88. The van der Waals surface area contributed by atoms with Crippen molar-refractivity contribution >= 4 is 12.0 Å². The second kappa shape index (κ2) is 5.38. The largest absolute Gasteiger partial charge is 0.481 e. The van der Waals surface area contributed by atoms with E-state index >= 15 is 0 Å². The highest BCUT2D eigenvalue weighted by atomic mass is 16.4. The molecule has 0 aromatic rings. The molecule has 5 nitrogen and oxygen atoms in total. The molecule has 3 unspecified atom stereocenters. The third-order valence-corrected chi connectivity index (χ3v) is 3.70. The summed E-state index contributed by atoms with van der Waals surface area (Å²) in [6, 6.07) is 0.0181. The Morgan fingerprint density at radius 1 is 1.41 bits per heavy atom. The quantitative estimate of drug-likeness (QED) is 0.661. The maximum atomic E-state index is 11.5. The van der Waals surface area contributed by atoms with E-state index in [1.165, 1.54) is 0 Å². The molecule has 0 heterocycles. The first-order valence-corrected chi connectivity index (χ1v) is 6.20. The minimum absolute atomic E-state index is 0.161. The Morgan fingerprint density at radius 3 is 2.47 bits per heavy atom. The van der Waals surface area contributed by atoms with Crippen molar-refractivity contribution in [2.45, 2.75) is 46.1 Å². The van der Waals surface area contributed by atoms with Gasteiger partial charge in [0.05, 0.1) is 5.41 Å². The third kappa shape index (κ3) is 3.61. The number of urea groups is 1. The Labute approximate surface area is 102 Å². The van der Waals surface area contributed by atoms with Crippen LogP contribution in [-0.2, 0) is 4.79 Å². The molecular formula is C12H22N2O3. The van der Waals surface area contributed by atoms with Gasteiger partial charge < -0.3 is 15.7 Å². The van der Waals surface area contributed by atoms with Gasteiger partial charge in [-0.2, -0.15) is 0 Å². The van der Waals surface area contributed by atoms with Crippen LogP contribution in [0.25, 0.3) is 0 Å². The Balaban J connectivity index is 2.30. The van der Waals surface area contributed by atoms with Crippen LogP contribution in [0.5, 0.6) is 0 Å². The number of carboxylic acids is 1. The average molecular weight is 242 g/mol. The molecule has 1 aliphatic carbocycles. The molecule has 1 aliphatic rings. The van der Waals surface area contributed by atoms with Crippen molar-refractivity contribution in [3.05, 3.63) is 0 Å². The second-order valence-corrected chi connectivity index (χ2v) is 5.06. The number of hydrogen-bond donors (Lipinski definition) is 3. The van der Waals surface area contributed by atoms with Gasteiger partial charge in [-0.05, 0) is 25.7 Å². The van der Waals surface area contributed by atoms with Gasteiger partial charge in [-0.15, -0.1) is 0 Å². The first kappa shape index (κ1) is 13.8. The molecule has 3 N–H and O–H groups in total. The van der Waals surface area contributed by atoms with Gasteiger partial charge in [0.2, 0.25) is 0 Å². The number of amides is 2. The van der Waals surface area contributed by atoms with Crippen molar-refractivity contribution in [1.29, 1.82) is 0 Å². The monoisotopic (exact) mass is 242 g/mol. The number of rotatable bonds is 6. The van der Waals surface area contributed by atoms with Crippen molar-refractivity contribution in [3.8, 4) is 0 Å². The summed E-state index contributed by atoms with van der Waals surface area (Å²) >= 11 is 0. The highest BCUT2D eigenvalue weighted by Gasteiger charge is 2.37. The highest BCUT2D eigenvalue weighted by Crippen LogP contribution is 2.32. The molecular weight excluding hydrogens is 220 g/mol. The first-order valence-electron chi connectivity index (χ1n) is 6.20. The molecule has 0 saturated heterocycles. The van der Waals surface area contributed by atoms with Crippen molar-refractivity contribution in [3.63, 3.8) is 0 Å². The maximum absolute atomic E-state index is 11.5. The summed E-state index contributed by atoms with van der Waals surface area (Å²) in [5.74, 6) is -0.282. The van der Waals surface area contributed by atoms with Crippen LogP contribution in [0.1, 0.15) is 40.0 Å². The lowest BCUT2D eigenvalue weighted by molar-refractivity contribution is -0.147. The molecule has 0 spiro atoms. The predicted molar refractivity (Wildman–Crippen MR) is 64.8 cm³/mol. The molecule has 0 bridgehead atoms. The van der Waals surface area contributed by atoms with E-state index in [-0.39, 0.29) is 18.6 Å². The summed E-state index contributed by atoms with van der Waals surface area (Å²) in [4.78, 5) is 22.6. The number of carbonyl (C=O) groups is 2. The Bertz CT molecular complexity index is 306. The summed E-state index contributed by atoms with van der Waals surface area (Å²) in [6.07, 6.45) is 2.60. The molecule has 0 aromatic heterocycles. The molecule has 0 radical (unpaired) electrons. The summed E-state index contributed by atoms with van der Waals surface area (Å²) in [5, 5.41) is 14.5. The van der Waals surface area contributed by atoms with Gasteiger partial charge in [0, 0.05) is 12.6 Å². The molecule has 1 saturated carbocycles. The fourth-order valence-electron chi connectivity index (χ4n) is 1.72. The lowest BCUT2D eigenvalue weighted by Gasteiger charge is -2.23. The molecule has 98 valence electrons. The minimum atomic E-state index is -0.884. The van der Waals surface area contributed by atoms with Crippen LogP contribution >= 0.6 is 0 Å². The number of nitrogens with one attached hydrogen (secondary N) is 2. The van der Waals surface area contributed by atoms with Gasteiger partial charge in [-0.3, -0.25) is 4.79 Å². The highest BCUT2D eigenvalue weighted by molar-refractivity contribution is 5.78. The van der Waals surface area contributed by atoms with Crippen molar-refractivity contribution < 1.29 is 14.7 Å². The Morgan fingerprint density at radius 2 is 2.06 bits per heavy atom. The fraction of sp³-hybridized carbons (Fsp3) is 0.833. The zero-order valence-electron chi connectivity index (χ0n) is 10.7. The van der Waals surface area contributed by atoms with E-state index < -0.39 is 11.4 Å². The molecule has 5 heteroatoms. The molecule has 1 rings (SSSR count). The smallest absolute Gasteiger partial charge is 0.315 e. The zero-order valence-corrected chi connectivity index (χ0v) is 10.7. The van der Waals surface area contributed by atoms with E-state index in [4.69, 9.17) is 5.11 Å². The molecule has 3 atom stereocenters. The SMILES string of the molecule is CCC1CC1NC(=O)NCC(C)(CC)C(=O)O. The topological polar surface area (TPSA) is 78.4 Å². The van der Waals surface area contributed by atoms with Crippen LogP contribution in [0, 0.1) is 11.3 Å². The Kier molecular flexibility index (Phi) is 4.37. The minimum Gasteiger partial charge on any atom is -0.481 e. The van der Waals surface area contributed by atoms with Gasteiger partial charge in [0.15, 0.2) is 0 Å². The summed E-state index contributed by atoms with van der Waals surface area (Å²) in [5.41, 5.74) is -0.884. The van der Waals surface area contributed by atoms with E-state index in [0.29, 0.717) is 12.3 Å². The van der Waals surface area contributed by atoms with Crippen molar-refractivity contribution in [1.82, 2.24) is 10.6 Å². The number of carbonyl (C=O) groups excluding carboxylic acids is 1. The number of hydrogen-bond acceptors (Lipinski definition) is 2. The molecule has 1 fully saturated rings. The molecule has 0 aliphatic heterocycles. The van der Waals surface area contributed by atoms with Crippen LogP contribution in [0.3, 0.4) is 0 Å². The standard InChI is InChI=1S/C12H22N2O3/c1-4-8-6-9(8)14-11(17)13-7-12(3,5-2)10(15)16/h8-9H,4-7H2,1-3H3,(H,15,16)(H2,13,14,17). The van der Waals surface area contributed by atoms with Crippen molar-refractivity contribution in [2.24, 2.45) is 11.3 Å². The van der Waals surface area contributed by atoms with E-state index in [1.807, 2.05) is 6.92 Å². The van der Waals surface area contributed by atoms with Crippen LogP contribution in [0.15, 0.2) is 0 Å².